The molecule has 0 aromatic heterocycles. The van der Waals surface area contributed by atoms with Crippen LogP contribution in [0.4, 0.5) is 0 Å². The van der Waals surface area contributed by atoms with E-state index in [9.17, 15) is 4.79 Å². The lowest BCUT2D eigenvalue weighted by Gasteiger charge is -2.33. The number of likely N-dealkylation sites (tertiary alicyclic amines) is 1. The molecule has 1 aromatic carbocycles. The Balaban J connectivity index is 1.80. The molecule has 1 heterocycles. The summed E-state index contributed by atoms with van der Waals surface area (Å²) in [5, 5.41) is 3.14. The van der Waals surface area contributed by atoms with Crippen molar-refractivity contribution in [1.29, 1.82) is 0 Å². The Morgan fingerprint density at radius 3 is 2.67 bits per heavy atom. The molecule has 0 aliphatic carbocycles. The first kappa shape index (κ1) is 18.9. The van der Waals surface area contributed by atoms with Crippen LogP contribution in [0.25, 0.3) is 0 Å². The third-order valence-corrected chi connectivity index (χ3v) is 4.48. The van der Waals surface area contributed by atoms with Crippen LogP contribution in [-0.4, -0.2) is 43.7 Å². The summed E-state index contributed by atoms with van der Waals surface area (Å²) in [6.07, 6.45) is 3.80. The number of piperidine rings is 1. The van der Waals surface area contributed by atoms with Crippen molar-refractivity contribution < 1.29 is 9.53 Å². The molecule has 4 heteroatoms. The molecule has 0 saturated carbocycles. The fourth-order valence-corrected chi connectivity index (χ4v) is 3.32. The minimum atomic E-state index is 0.0988. The quantitative estimate of drug-likeness (QED) is 0.796. The smallest absolute Gasteiger partial charge is 0.222 e. The number of carbonyl (C=O) groups is 1. The molecule has 0 bridgehead atoms. The summed E-state index contributed by atoms with van der Waals surface area (Å²) >= 11 is 0. The highest BCUT2D eigenvalue weighted by Crippen LogP contribution is 2.15. The number of benzene rings is 1. The summed E-state index contributed by atoms with van der Waals surface area (Å²) < 4.78 is 4.96. The first-order valence-electron chi connectivity index (χ1n) is 9.15. The average molecular weight is 332 g/mol. The van der Waals surface area contributed by atoms with Gasteiger partial charge in [-0.2, -0.15) is 0 Å². The van der Waals surface area contributed by atoms with Gasteiger partial charge in [-0.1, -0.05) is 38.1 Å². The second-order valence-corrected chi connectivity index (χ2v) is 7.30. The third kappa shape index (κ3) is 6.62. The van der Waals surface area contributed by atoms with Gasteiger partial charge in [0.2, 0.25) is 5.91 Å². The van der Waals surface area contributed by atoms with E-state index in [1.165, 1.54) is 11.1 Å². The maximum Gasteiger partial charge on any atom is 0.222 e. The lowest BCUT2D eigenvalue weighted by atomic mass is 10.0. The highest BCUT2D eigenvalue weighted by atomic mass is 16.5. The van der Waals surface area contributed by atoms with Crippen LogP contribution >= 0.6 is 0 Å². The molecule has 1 amide bonds. The summed E-state index contributed by atoms with van der Waals surface area (Å²) in [6.45, 7) is 8.01. The summed E-state index contributed by atoms with van der Waals surface area (Å²) in [5.74, 6) is 0.794. The fraction of sp³-hybridized carbons (Fsp3) is 0.650. The minimum Gasteiger partial charge on any atom is -0.384 e. The van der Waals surface area contributed by atoms with Crippen LogP contribution < -0.4 is 5.32 Å². The van der Waals surface area contributed by atoms with Crippen molar-refractivity contribution >= 4 is 5.91 Å². The third-order valence-electron chi connectivity index (χ3n) is 4.48. The number of rotatable bonds is 8. The van der Waals surface area contributed by atoms with E-state index in [4.69, 9.17) is 4.74 Å². The molecule has 0 unspecified atom stereocenters. The SMILES string of the molecule is COCCC(=O)N[C@H]1CCCN(Cc2ccc(CC(C)C)cc2)C1. The van der Waals surface area contributed by atoms with Crippen molar-refractivity contribution in [1.82, 2.24) is 10.2 Å². The number of hydrogen-bond acceptors (Lipinski definition) is 3. The molecule has 1 N–H and O–H groups in total. The highest BCUT2D eigenvalue weighted by molar-refractivity contribution is 5.76. The Kier molecular flexibility index (Phi) is 7.73. The molecule has 0 spiro atoms. The maximum absolute atomic E-state index is 11.9. The number of nitrogens with zero attached hydrogens (tertiary/aromatic N) is 1. The number of carbonyl (C=O) groups excluding carboxylic acids is 1. The molecule has 1 aliphatic heterocycles. The van der Waals surface area contributed by atoms with Crippen LogP contribution in [0.5, 0.6) is 0 Å². The first-order valence-corrected chi connectivity index (χ1v) is 9.15. The highest BCUT2D eigenvalue weighted by Gasteiger charge is 2.21. The molecule has 1 aliphatic rings. The van der Waals surface area contributed by atoms with Crippen molar-refractivity contribution in [2.45, 2.75) is 52.1 Å². The zero-order chi connectivity index (χ0) is 17.4. The Hall–Kier alpha value is -1.39. The Bertz CT molecular complexity index is 499. The van der Waals surface area contributed by atoms with Crippen LogP contribution in [0.2, 0.25) is 0 Å². The van der Waals surface area contributed by atoms with E-state index in [1.807, 2.05) is 0 Å². The Labute approximate surface area is 146 Å². The minimum absolute atomic E-state index is 0.0988. The van der Waals surface area contributed by atoms with Gasteiger partial charge in [-0.15, -0.1) is 0 Å². The first-order chi connectivity index (χ1) is 11.6. The molecular weight excluding hydrogens is 300 g/mol. The van der Waals surface area contributed by atoms with Gasteiger partial charge < -0.3 is 10.1 Å². The zero-order valence-corrected chi connectivity index (χ0v) is 15.4. The number of methoxy groups -OCH3 is 1. The van der Waals surface area contributed by atoms with E-state index in [2.05, 4.69) is 48.3 Å². The van der Waals surface area contributed by atoms with Crippen LogP contribution in [0.15, 0.2) is 24.3 Å². The molecule has 134 valence electrons. The van der Waals surface area contributed by atoms with Crippen molar-refractivity contribution in [3.05, 3.63) is 35.4 Å². The zero-order valence-electron chi connectivity index (χ0n) is 15.4. The summed E-state index contributed by atoms with van der Waals surface area (Å²) in [6, 6.07) is 9.27. The predicted molar refractivity (Wildman–Crippen MR) is 97.9 cm³/mol. The van der Waals surface area contributed by atoms with Gasteiger partial charge in [-0.25, -0.2) is 0 Å². The van der Waals surface area contributed by atoms with Gasteiger partial charge in [0.15, 0.2) is 0 Å². The van der Waals surface area contributed by atoms with E-state index < -0.39 is 0 Å². The molecule has 1 fully saturated rings. The molecule has 0 radical (unpaired) electrons. The predicted octanol–water partition coefficient (Wildman–Crippen LogP) is 3.00. The Morgan fingerprint density at radius 1 is 1.29 bits per heavy atom. The number of amides is 1. The maximum atomic E-state index is 11.9. The molecule has 24 heavy (non-hydrogen) atoms. The number of ether oxygens (including phenoxy) is 1. The van der Waals surface area contributed by atoms with Crippen LogP contribution in [0.3, 0.4) is 0 Å². The number of hydrogen-bond donors (Lipinski definition) is 1. The number of nitrogens with one attached hydrogen (secondary N) is 1. The van der Waals surface area contributed by atoms with E-state index in [0.29, 0.717) is 18.9 Å². The van der Waals surface area contributed by atoms with E-state index in [1.54, 1.807) is 7.11 Å². The van der Waals surface area contributed by atoms with Crippen LogP contribution in [0.1, 0.15) is 44.2 Å². The standard InChI is InChI=1S/C20H32N2O2/c1-16(2)13-17-6-8-18(9-7-17)14-22-11-4-5-19(15-22)21-20(23)10-12-24-3/h6-9,16,19H,4-5,10-15H2,1-3H3,(H,21,23)/t19-/m0/s1. The summed E-state index contributed by atoms with van der Waals surface area (Å²) in [4.78, 5) is 14.3. The molecule has 1 aromatic rings. The van der Waals surface area contributed by atoms with Gasteiger partial charge in [0.25, 0.3) is 0 Å². The monoisotopic (exact) mass is 332 g/mol. The van der Waals surface area contributed by atoms with Gasteiger partial charge in [-0.3, -0.25) is 9.69 Å². The van der Waals surface area contributed by atoms with Gasteiger partial charge in [-0.05, 0) is 42.9 Å². The van der Waals surface area contributed by atoms with Gasteiger partial charge >= 0.3 is 0 Å². The van der Waals surface area contributed by atoms with Crippen LogP contribution in [0, 0.1) is 5.92 Å². The molecule has 2 rings (SSSR count). The lowest BCUT2D eigenvalue weighted by molar-refractivity contribution is -0.123. The van der Waals surface area contributed by atoms with Crippen molar-refractivity contribution in [3.63, 3.8) is 0 Å². The van der Waals surface area contributed by atoms with Crippen molar-refractivity contribution in [2.75, 3.05) is 26.8 Å². The molecule has 4 nitrogen and oxygen atoms in total. The molecular formula is C20H32N2O2. The average Bonchev–Trinajstić information content (AvgIpc) is 2.55. The van der Waals surface area contributed by atoms with E-state index in [0.717, 1.165) is 38.9 Å². The largest absolute Gasteiger partial charge is 0.384 e. The molecule has 1 saturated heterocycles. The lowest BCUT2D eigenvalue weighted by Crippen LogP contribution is -2.47. The van der Waals surface area contributed by atoms with E-state index in [-0.39, 0.29) is 11.9 Å². The van der Waals surface area contributed by atoms with Gasteiger partial charge in [0, 0.05) is 32.7 Å². The second-order valence-electron chi connectivity index (χ2n) is 7.30. The van der Waals surface area contributed by atoms with Gasteiger partial charge in [0.05, 0.1) is 6.61 Å². The van der Waals surface area contributed by atoms with Crippen molar-refractivity contribution in [3.8, 4) is 0 Å². The summed E-state index contributed by atoms with van der Waals surface area (Å²) in [7, 11) is 1.63. The summed E-state index contributed by atoms with van der Waals surface area (Å²) in [5.41, 5.74) is 2.77. The topological polar surface area (TPSA) is 41.6 Å². The second kappa shape index (κ2) is 9.80. The van der Waals surface area contributed by atoms with E-state index >= 15 is 0 Å². The normalized spacial score (nSPS) is 18.8. The van der Waals surface area contributed by atoms with Crippen LogP contribution in [-0.2, 0) is 22.5 Å². The Morgan fingerprint density at radius 2 is 2.00 bits per heavy atom. The fourth-order valence-electron chi connectivity index (χ4n) is 3.32. The van der Waals surface area contributed by atoms with Gasteiger partial charge in [0.1, 0.15) is 0 Å². The molecule has 1 atom stereocenters. The van der Waals surface area contributed by atoms with Crippen molar-refractivity contribution in [2.24, 2.45) is 5.92 Å².